The van der Waals surface area contributed by atoms with Crippen LogP contribution in [0, 0.1) is 5.82 Å². The summed E-state index contributed by atoms with van der Waals surface area (Å²) < 4.78 is 18.1. The molecule has 0 saturated heterocycles. The molecule has 0 fully saturated rings. The van der Waals surface area contributed by atoms with E-state index in [0.29, 0.717) is 18.7 Å². The summed E-state index contributed by atoms with van der Waals surface area (Å²) in [6, 6.07) is 2.53. The monoisotopic (exact) mass is 289 g/mol. The number of aromatic nitrogens is 1. The Morgan fingerprint density at radius 1 is 1.48 bits per heavy atom. The van der Waals surface area contributed by atoms with E-state index in [4.69, 9.17) is 4.42 Å². The maximum atomic E-state index is 12.8. The number of nitrogens with zero attached hydrogens (tertiary/aromatic N) is 2. The molecule has 0 aliphatic carbocycles. The van der Waals surface area contributed by atoms with E-state index in [9.17, 15) is 14.0 Å². The Bertz CT molecular complexity index is 709. The van der Waals surface area contributed by atoms with Crippen molar-refractivity contribution < 1.29 is 18.4 Å². The minimum absolute atomic E-state index is 0.160. The van der Waals surface area contributed by atoms with Gasteiger partial charge in [0.1, 0.15) is 23.7 Å². The van der Waals surface area contributed by atoms with Crippen LogP contribution in [-0.2, 0) is 6.42 Å². The van der Waals surface area contributed by atoms with E-state index in [1.54, 1.807) is 7.05 Å². The van der Waals surface area contributed by atoms with Crippen molar-refractivity contribution in [2.75, 3.05) is 18.9 Å². The summed E-state index contributed by atoms with van der Waals surface area (Å²) in [7, 11) is 1.67. The number of rotatable bonds is 2. The van der Waals surface area contributed by atoms with Gasteiger partial charge in [-0.1, -0.05) is 0 Å². The third kappa shape index (κ3) is 2.37. The average Bonchev–Trinajstić information content (AvgIpc) is 2.90. The van der Waals surface area contributed by atoms with E-state index in [0.717, 1.165) is 6.20 Å². The average molecular weight is 289 g/mol. The van der Waals surface area contributed by atoms with E-state index in [1.807, 2.05) is 0 Å². The van der Waals surface area contributed by atoms with Crippen molar-refractivity contribution in [2.45, 2.75) is 6.42 Å². The highest BCUT2D eigenvalue weighted by Gasteiger charge is 2.30. The standard InChI is InChI=1S/C14H12FN3O3/c1-18-5-4-10-12(14(18)20)9(7-21-10)13(19)17-11-3-2-8(15)6-16-11/h2-3,6-7H,4-5H2,1H3,(H,16,17,19). The number of hydrogen-bond acceptors (Lipinski definition) is 4. The molecule has 0 saturated carbocycles. The number of nitrogens with one attached hydrogen (secondary N) is 1. The first-order valence-corrected chi connectivity index (χ1v) is 6.35. The van der Waals surface area contributed by atoms with E-state index in [1.165, 1.54) is 23.3 Å². The molecule has 3 heterocycles. The van der Waals surface area contributed by atoms with Crippen LogP contribution >= 0.6 is 0 Å². The first-order chi connectivity index (χ1) is 10.1. The second-order valence-corrected chi connectivity index (χ2v) is 4.74. The van der Waals surface area contributed by atoms with Crippen molar-refractivity contribution in [1.29, 1.82) is 0 Å². The Morgan fingerprint density at radius 2 is 2.29 bits per heavy atom. The fraction of sp³-hybridized carbons (Fsp3) is 0.214. The van der Waals surface area contributed by atoms with E-state index >= 15 is 0 Å². The van der Waals surface area contributed by atoms with Gasteiger partial charge in [0.15, 0.2) is 0 Å². The second-order valence-electron chi connectivity index (χ2n) is 4.74. The fourth-order valence-corrected chi connectivity index (χ4v) is 2.18. The summed E-state index contributed by atoms with van der Waals surface area (Å²) in [6.07, 6.45) is 2.83. The number of pyridine rings is 1. The molecule has 0 unspecified atom stereocenters. The van der Waals surface area contributed by atoms with Crippen LogP contribution in [0.4, 0.5) is 10.2 Å². The number of amides is 2. The lowest BCUT2D eigenvalue weighted by Gasteiger charge is -2.21. The summed E-state index contributed by atoms with van der Waals surface area (Å²) in [5.74, 6) is -0.543. The van der Waals surface area contributed by atoms with Crippen LogP contribution in [0.2, 0.25) is 0 Å². The van der Waals surface area contributed by atoms with Gasteiger partial charge in [0, 0.05) is 20.0 Å². The van der Waals surface area contributed by atoms with Crippen molar-refractivity contribution in [3.8, 4) is 0 Å². The van der Waals surface area contributed by atoms with E-state index in [-0.39, 0.29) is 22.9 Å². The van der Waals surface area contributed by atoms with E-state index in [2.05, 4.69) is 10.3 Å². The van der Waals surface area contributed by atoms with Crippen LogP contribution in [0.3, 0.4) is 0 Å². The lowest BCUT2D eigenvalue weighted by Crippen LogP contribution is -2.34. The van der Waals surface area contributed by atoms with Crippen molar-refractivity contribution >= 4 is 17.6 Å². The van der Waals surface area contributed by atoms with Gasteiger partial charge in [-0.05, 0) is 12.1 Å². The molecule has 0 radical (unpaired) electrons. The molecule has 1 aliphatic rings. The van der Waals surface area contributed by atoms with Gasteiger partial charge in [-0.25, -0.2) is 9.37 Å². The Morgan fingerprint density at radius 3 is 3.00 bits per heavy atom. The van der Waals surface area contributed by atoms with Gasteiger partial charge in [-0.15, -0.1) is 0 Å². The molecule has 3 rings (SSSR count). The molecule has 1 aliphatic heterocycles. The summed E-state index contributed by atoms with van der Waals surface area (Å²) in [5, 5.41) is 2.51. The first kappa shape index (κ1) is 13.3. The van der Waals surface area contributed by atoms with Gasteiger partial charge in [-0.2, -0.15) is 0 Å². The number of likely N-dealkylation sites (N-methyl/N-ethyl adjacent to an activating group) is 1. The van der Waals surface area contributed by atoms with Crippen molar-refractivity contribution in [3.63, 3.8) is 0 Å². The zero-order chi connectivity index (χ0) is 15.0. The summed E-state index contributed by atoms with van der Waals surface area (Å²) in [6.45, 7) is 0.555. The molecule has 2 aromatic rings. The lowest BCUT2D eigenvalue weighted by atomic mass is 10.0. The zero-order valence-electron chi connectivity index (χ0n) is 11.2. The number of carbonyl (C=O) groups excluding carboxylic acids is 2. The van der Waals surface area contributed by atoms with Crippen LogP contribution in [0.15, 0.2) is 29.0 Å². The molecular formula is C14H12FN3O3. The highest BCUT2D eigenvalue weighted by molar-refractivity contribution is 6.12. The van der Waals surface area contributed by atoms with Gasteiger partial charge >= 0.3 is 0 Å². The van der Waals surface area contributed by atoms with Gasteiger partial charge < -0.3 is 14.6 Å². The molecule has 1 N–H and O–H groups in total. The van der Waals surface area contributed by atoms with Crippen molar-refractivity contribution in [3.05, 3.63) is 47.3 Å². The number of halogens is 1. The molecule has 0 bridgehead atoms. The van der Waals surface area contributed by atoms with Gasteiger partial charge in [0.2, 0.25) is 0 Å². The number of furan rings is 1. The summed E-state index contributed by atoms with van der Waals surface area (Å²) in [5.41, 5.74) is 0.441. The molecule has 2 amide bonds. The summed E-state index contributed by atoms with van der Waals surface area (Å²) in [4.78, 5) is 29.6. The van der Waals surface area contributed by atoms with Crippen LogP contribution < -0.4 is 5.32 Å². The zero-order valence-corrected chi connectivity index (χ0v) is 11.2. The van der Waals surface area contributed by atoms with Gasteiger partial charge in [0.05, 0.1) is 17.3 Å². The topological polar surface area (TPSA) is 75.4 Å². The molecule has 21 heavy (non-hydrogen) atoms. The fourth-order valence-electron chi connectivity index (χ4n) is 2.18. The van der Waals surface area contributed by atoms with Crippen LogP contribution in [0.25, 0.3) is 0 Å². The Kier molecular flexibility index (Phi) is 3.17. The maximum absolute atomic E-state index is 12.8. The normalized spacial score (nSPS) is 14.0. The third-order valence-electron chi connectivity index (χ3n) is 3.32. The highest BCUT2D eigenvalue weighted by Crippen LogP contribution is 2.24. The smallest absolute Gasteiger partial charge is 0.260 e. The third-order valence-corrected chi connectivity index (χ3v) is 3.32. The minimum Gasteiger partial charge on any atom is -0.468 e. The van der Waals surface area contributed by atoms with Gasteiger partial charge in [0.25, 0.3) is 11.8 Å². The van der Waals surface area contributed by atoms with Crippen molar-refractivity contribution in [2.24, 2.45) is 0 Å². The number of anilines is 1. The number of hydrogen-bond donors (Lipinski definition) is 1. The molecule has 0 spiro atoms. The van der Waals surface area contributed by atoms with E-state index < -0.39 is 11.7 Å². The first-order valence-electron chi connectivity index (χ1n) is 6.35. The molecule has 6 nitrogen and oxygen atoms in total. The minimum atomic E-state index is -0.511. The Hall–Kier alpha value is -2.70. The highest BCUT2D eigenvalue weighted by atomic mass is 19.1. The molecule has 0 aromatic carbocycles. The van der Waals surface area contributed by atoms with Crippen molar-refractivity contribution in [1.82, 2.24) is 9.88 Å². The number of carbonyl (C=O) groups is 2. The Balaban J connectivity index is 1.88. The summed E-state index contributed by atoms with van der Waals surface area (Å²) >= 11 is 0. The predicted molar refractivity (Wildman–Crippen MR) is 71.5 cm³/mol. The predicted octanol–water partition coefficient (Wildman–Crippen LogP) is 1.69. The van der Waals surface area contributed by atoms with Gasteiger partial charge in [-0.3, -0.25) is 9.59 Å². The molecule has 108 valence electrons. The van der Waals surface area contributed by atoms with Crippen LogP contribution in [0.5, 0.6) is 0 Å². The lowest BCUT2D eigenvalue weighted by molar-refractivity contribution is 0.0770. The second kappa shape index (κ2) is 5.01. The van der Waals surface area contributed by atoms with Crippen LogP contribution in [0.1, 0.15) is 26.5 Å². The largest absolute Gasteiger partial charge is 0.468 e. The maximum Gasteiger partial charge on any atom is 0.260 e. The Labute approximate surface area is 119 Å². The van der Waals surface area contributed by atoms with Crippen LogP contribution in [-0.4, -0.2) is 35.3 Å². The molecule has 2 aromatic heterocycles. The SMILES string of the molecule is CN1CCc2occ(C(=O)Nc3ccc(F)cn3)c2C1=O. The quantitative estimate of drug-likeness (QED) is 0.913. The number of fused-ring (bicyclic) bond motifs is 1. The molecule has 7 heteroatoms. The molecule has 0 atom stereocenters. The molecular weight excluding hydrogens is 277 g/mol.